The van der Waals surface area contributed by atoms with Crippen molar-refractivity contribution in [1.29, 1.82) is 0 Å². The van der Waals surface area contributed by atoms with Gasteiger partial charge in [0.25, 0.3) is 5.52 Å². The molecule has 2 aromatic carbocycles. The molecular weight excluding hydrogens is 530 g/mol. The summed E-state index contributed by atoms with van der Waals surface area (Å²) in [6.07, 6.45) is 3.69. The summed E-state index contributed by atoms with van der Waals surface area (Å²) in [5, 5.41) is 16.3. The number of carboxylic acid groups (broad SMARTS) is 1. The third-order valence-corrected chi connectivity index (χ3v) is 7.41. The molecule has 3 heterocycles. The predicted molar refractivity (Wildman–Crippen MR) is 153 cm³/mol. The van der Waals surface area contributed by atoms with Gasteiger partial charge in [0, 0.05) is 34.1 Å². The number of carbonyl (C=O) groups is 1. The first-order valence-corrected chi connectivity index (χ1v) is 14.6. The van der Waals surface area contributed by atoms with Crippen LogP contribution < -0.4 is 9.25 Å². The minimum Gasteiger partial charge on any atom is -0.748 e. The van der Waals surface area contributed by atoms with Crippen LogP contribution in [0.5, 0.6) is 5.75 Å². The summed E-state index contributed by atoms with van der Waals surface area (Å²) < 4.78 is 40.5. The Morgan fingerprint density at radius 1 is 1.02 bits per heavy atom. The first kappa shape index (κ1) is 29.0. The molecule has 1 N–H and O–H groups in total. The second-order valence-electron chi connectivity index (χ2n) is 9.79. The molecule has 0 atom stereocenters. The molecule has 5 aromatic rings. The average molecular weight is 564 g/mol. The van der Waals surface area contributed by atoms with Crippen LogP contribution in [0.1, 0.15) is 41.8 Å². The van der Waals surface area contributed by atoms with Gasteiger partial charge in [-0.05, 0) is 49.9 Å². The highest BCUT2D eigenvalue weighted by atomic mass is 32.2. The number of rotatable bonds is 7. The number of carboxylic acids is 1. The molecular formula is C30H33N3O6S. The van der Waals surface area contributed by atoms with E-state index in [0.717, 1.165) is 57.0 Å². The fourth-order valence-corrected chi connectivity index (χ4v) is 5.76. The first-order valence-electron chi connectivity index (χ1n) is 13.0. The number of hydrogen-bond acceptors (Lipinski definition) is 6. The van der Waals surface area contributed by atoms with Crippen LogP contribution >= 0.6 is 0 Å². The quantitative estimate of drug-likeness (QED) is 0.228. The minimum absolute atomic E-state index is 0.121. The second-order valence-corrected chi connectivity index (χ2v) is 11.2. The summed E-state index contributed by atoms with van der Waals surface area (Å²) in [6, 6.07) is 15.3. The predicted octanol–water partition coefficient (Wildman–Crippen LogP) is 4.49. The molecule has 0 radical (unpaired) electrons. The molecule has 0 fully saturated rings. The van der Waals surface area contributed by atoms with Gasteiger partial charge >= 0.3 is 5.97 Å². The maximum Gasteiger partial charge on any atom is 0.323 e. The molecule has 0 bridgehead atoms. The van der Waals surface area contributed by atoms with E-state index in [2.05, 4.69) is 19.9 Å². The van der Waals surface area contributed by atoms with Gasteiger partial charge in [-0.15, -0.1) is 0 Å². The van der Waals surface area contributed by atoms with Gasteiger partial charge in [-0.1, -0.05) is 47.7 Å². The minimum atomic E-state index is -4.16. The Kier molecular flexibility index (Phi) is 8.41. The summed E-state index contributed by atoms with van der Waals surface area (Å²) >= 11 is 0. The number of nitrogens with zero attached hydrogens (tertiary/aromatic N) is 3. The summed E-state index contributed by atoms with van der Waals surface area (Å²) in [6.45, 7) is 7.83. The Morgan fingerprint density at radius 2 is 1.73 bits per heavy atom. The third-order valence-electron chi connectivity index (χ3n) is 6.73. The zero-order valence-corrected chi connectivity index (χ0v) is 24.1. The topological polar surface area (TPSA) is 126 Å². The standard InChI is InChI=1S/C21H21N3O3.C9H12O3S/c1-4-13-10-19-21-16(8-9-24(19)22-17(13)5-2)15-7-6-14(27-3)11-18(15)23(21)12-20(25)26;1-7-3-8(2)5-9(4-7)6-13(10,11)12/h6-11H,4-5,12H2,1-3H3;3-5H,6H2,1-2H3,(H,10,11,12). The molecule has 0 aliphatic heterocycles. The monoisotopic (exact) mass is 563 g/mol. The van der Waals surface area contributed by atoms with Crippen molar-refractivity contribution in [2.24, 2.45) is 0 Å². The lowest BCUT2D eigenvalue weighted by atomic mass is 10.1. The molecule has 210 valence electrons. The van der Waals surface area contributed by atoms with Crippen LogP contribution in [0, 0.1) is 13.8 Å². The molecule has 0 aliphatic carbocycles. The van der Waals surface area contributed by atoms with Crippen molar-refractivity contribution in [3.05, 3.63) is 82.7 Å². The lowest BCUT2D eigenvalue weighted by Crippen LogP contribution is -2.29. The molecule has 0 amide bonds. The molecule has 0 saturated heterocycles. The normalized spacial score (nSPS) is 11.6. The van der Waals surface area contributed by atoms with Crippen molar-refractivity contribution in [3.63, 3.8) is 0 Å². The summed E-state index contributed by atoms with van der Waals surface area (Å²) in [4.78, 5) is 11.6. The van der Waals surface area contributed by atoms with Crippen molar-refractivity contribution >= 4 is 43.4 Å². The van der Waals surface area contributed by atoms with Crippen LogP contribution in [0.3, 0.4) is 0 Å². The van der Waals surface area contributed by atoms with E-state index in [1.165, 1.54) is 5.56 Å². The van der Waals surface area contributed by atoms with Gasteiger partial charge < -0.3 is 19.0 Å². The summed E-state index contributed by atoms with van der Waals surface area (Å²) in [7, 11) is -2.55. The van der Waals surface area contributed by atoms with Crippen LogP contribution in [0.25, 0.3) is 27.3 Å². The molecule has 5 rings (SSSR count). The first-order chi connectivity index (χ1) is 18.9. The van der Waals surface area contributed by atoms with E-state index in [1.807, 2.05) is 59.5 Å². The zero-order chi connectivity index (χ0) is 29.2. The molecule has 9 nitrogen and oxygen atoms in total. The zero-order valence-electron chi connectivity index (χ0n) is 23.3. The van der Waals surface area contributed by atoms with E-state index in [9.17, 15) is 22.9 Å². The Hall–Kier alpha value is -4.02. The number of pyridine rings is 1. The molecule has 10 heteroatoms. The maximum atomic E-state index is 11.6. The molecule has 0 aliphatic rings. The van der Waals surface area contributed by atoms with Crippen LogP contribution in [-0.4, -0.2) is 40.8 Å². The molecule has 0 unspecified atom stereocenters. The van der Waals surface area contributed by atoms with Gasteiger partial charge in [0.05, 0.1) is 28.5 Å². The third kappa shape index (κ3) is 6.24. The smallest absolute Gasteiger partial charge is 0.323 e. The van der Waals surface area contributed by atoms with Gasteiger partial charge in [-0.25, -0.2) is 8.42 Å². The highest BCUT2D eigenvalue weighted by Crippen LogP contribution is 2.33. The van der Waals surface area contributed by atoms with E-state index in [1.54, 1.807) is 19.2 Å². The van der Waals surface area contributed by atoms with Crippen molar-refractivity contribution in [2.45, 2.75) is 52.8 Å². The SMILES string of the molecule is CCc1cc2c3c(cc[n+]2nc1CC)c1ccc(OC)cc1n3CC(=O)O.Cc1cc(C)cc(CS(=O)(=O)[O-])c1. The van der Waals surface area contributed by atoms with Crippen LogP contribution in [0.15, 0.2) is 54.7 Å². The highest BCUT2D eigenvalue weighted by molar-refractivity contribution is 7.84. The van der Waals surface area contributed by atoms with Crippen LogP contribution in [-0.2, 0) is 40.1 Å². The number of aliphatic carboxylic acids is 1. The number of aromatic nitrogens is 3. The summed E-state index contributed by atoms with van der Waals surface area (Å²) in [5.41, 5.74) is 7.40. The van der Waals surface area contributed by atoms with Crippen molar-refractivity contribution in [3.8, 4) is 5.75 Å². The number of methoxy groups -OCH3 is 1. The Labute approximate surface area is 233 Å². The van der Waals surface area contributed by atoms with E-state index in [0.29, 0.717) is 11.3 Å². The number of benzene rings is 2. The van der Waals surface area contributed by atoms with Gasteiger partial charge in [-0.2, -0.15) is 0 Å². The van der Waals surface area contributed by atoms with Gasteiger partial charge in [-0.3, -0.25) is 4.79 Å². The number of fused-ring (bicyclic) bond motifs is 5. The van der Waals surface area contributed by atoms with E-state index >= 15 is 0 Å². The van der Waals surface area contributed by atoms with E-state index in [-0.39, 0.29) is 6.54 Å². The van der Waals surface area contributed by atoms with Gasteiger partial charge in [0.2, 0.25) is 6.20 Å². The Morgan fingerprint density at radius 3 is 2.30 bits per heavy atom. The van der Waals surface area contributed by atoms with E-state index < -0.39 is 21.8 Å². The molecule has 40 heavy (non-hydrogen) atoms. The highest BCUT2D eigenvalue weighted by Gasteiger charge is 2.22. The maximum absolute atomic E-state index is 11.6. The fraction of sp³-hybridized carbons (Fsp3) is 0.300. The summed E-state index contributed by atoms with van der Waals surface area (Å²) in [5.74, 6) is -0.600. The fourth-order valence-electron chi connectivity index (χ4n) is 5.19. The van der Waals surface area contributed by atoms with Crippen LogP contribution in [0.4, 0.5) is 0 Å². The lowest BCUT2D eigenvalue weighted by Gasteiger charge is -2.08. The van der Waals surface area contributed by atoms with Crippen molar-refractivity contribution in [2.75, 3.05) is 7.11 Å². The number of ether oxygens (including phenoxy) is 1. The average Bonchev–Trinajstić information content (AvgIpc) is 3.19. The Balaban J connectivity index is 0.000000240. The second kappa shape index (κ2) is 11.6. The largest absolute Gasteiger partial charge is 0.748 e. The van der Waals surface area contributed by atoms with E-state index in [4.69, 9.17) is 9.84 Å². The van der Waals surface area contributed by atoms with Gasteiger partial charge in [0.1, 0.15) is 23.5 Å². The molecule has 3 aromatic heterocycles. The molecule has 0 spiro atoms. The number of aryl methyl sites for hydroxylation is 4. The lowest BCUT2D eigenvalue weighted by molar-refractivity contribution is -0.580. The van der Waals surface area contributed by atoms with Crippen molar-refractivity contribution in [1.82, 2.24) is 9.67 Å². The van der Waals surface area contributed by atoms with Crippen LogP contribution in [0.2, 0.25) is 0 Å². The molecule has 0 saturated carbocycles. The number of hydrogen-bond donors (Lipinski definition) is 1. The van der Waals surface area contributed by atoms with Gasteiger partial charge in [0.15, 0.2) is 0 Å². The Bertz CT molecular complexity index is 1820. The van der Waals surface area contributed by atoms with Crippen molar-refractivity contribution < 1.29 is 32.1 Å².